The maximum Gasteiger partial charge on any atom is 0.264 e. The highest BCUT2D eigenvalue weighted by atomic mass is 28.4. The third-order valence-corrected chi connectivity index (χ3v) is 2.52. The lowest BCUT2D eigenvalue weighted by Crippen LogP contribution is -2.26. The van der Waals surface area contributed by atoms with E-state index in [1.807, 2.05) is 0 Å². The van der Waals surface area contributed by atoms with E-state index in [0.717, 1.165) is 18.8 Å². The van der Waals surface area contributed by atoms with Gasteiger partial charge in [-0.15, -0.1) is 0 Å². The predicted molar refractivity (Wildman–Crippen MR) is 59.0 cm³/mol. The lowest BCUT2D eigenvalue weighted by atomic mass is 10.2. The Morgan fingerprint density at radius 2 is 1.54 bits per heavy atom. The zero-order valence-electron chi connectivity index (χ0n) is 9.73. The van der Waals surface area contributed by atoms with Crippen molar-refractivity contribution in [1.29, 1.82) is 0 Å². The van der Waals surface area contributed by atoms with Crippen LogP contribution < -0.4 is 0 Å². The van der Waals surface area contributed by atoms with Gasteiger partial charge in [0, 0.05) is 5.57 Å². The molecular formula is C10H22O2Si. The molecule has 0 aromatic carbocycles. The van der Waals surface area contributed by atoms with Gasteiger partial charge in [-0.25, -0.2) is 0 Å². The number of allylic oxidation sites excluding steroid dienone is 1. The third kappa shape index (κ3) is 4.98. The second-order valence-electron chi connectivity index (χ2n) is 4.02. The Labute approximate surface area is 83.1 Å². The van der Waals surface area contributed by atoms with E-state index in [4.69, 9.17) is 9.16 Å². The number of rotatable bonds is 5. The minimum atomic E-state index is -1.52. The highest BCUT2D eigenvalue weighted by molar-refractivity contribution is 6.70. The molecule has 0 unspecified atom stereocenters. The molecule has 0 spiro atoms. The maximum absolute atomic E-state index is 5.83. The van der Waals surface area contributed by atoms with Crippen molar-refractivity contribution >= 4 is 8.32 Å². The molecular weight excluding hydrogens is 180 g/mol. The Bertz CT molecular complexity index is 174. The molecule has 0 saturated carbocycles. The lowest BCUT2D eigenvalue weighted by molar-refractivity contribution is 0.140. The molecule has 0 N–H and O–H groups in total. The molecule has 0 aromatic heterocycles. The van der Waals surface area contributed by atoms with Gasteiger partial charge in [-0.2, -0.15) is 0 Å². The molecule has 0 amide bonds. The van der Waals surface area contributed by atoms with Gasteiger partial charge in [0.2, 0.25) is 8.32 Å². The van der Waals surface area contributed by atoms with Crippen molar-refractivity contribution in [3.63, 3.8) is 0 Å². The van der Waals surface area contributed by atoms with Crippen LogP contribution in [0.2, 0.25) is 19.6 Å². The Morgan fingerprint density at radius 1 is 1.08 bits per heavy atom. The highest BCUT2D eigenvalue weighted by Crippen LogP contribution is 2.19. The summed E-state index contributed by atoms with van der Waals surface area (Å²) < 4.78 is 11.1. The molecule has 0 fully saturated rings. The fraction of sp³-hybridized carbons (Fsp3) is 0.800. The summed E-state index contributed by atoms with van der Waals surface area (Å²) in [4.78, 5) is 0. The van der Waals surface area contributed by atoms with Crippen LogP contribution in [0.25, 0.3) is 0 Å². The number of methoxy groups -OCH3 is 1. The smallest absolute Gasteiger partial charge is 0.264 e. The summed E-state index contributed by atoms with van der Waals surface area (Å²) in [6, 6.07) is 0. The van der Waals surface area contributed by atoms with E-state index >= 15 is 0 Å². The molecule has 13 heavy (non-hydrogen) atoms. The minimum Gasteiger partial charge on any atom is -0.520 e. The van der Waals surface area contributed by atoms with Crippen LogP contribution in [0.1, 0.15) is 26.7 Å². The largest absolute Gasteiger partial charge is 0.520 e. The first-order valence-electron chi connectivity index (χ1n) is 4.89. The molecule has 3 heteroatoms. The van der Waals surface area contributed by atoms with Gasteiger partial charge >= 0.3 is 0 Å². The van der Waals surface area contributed by atoms with Crippen LogP contribution in [0.4, 0.5) is 0 Å². The van der Waals surface area contributed by atoms with Gasteiger partial charge in [-0.05, 0) is 32.5 Å². The molecule has 0 atom stereocenters. The average molecular weight is 202 g/mol. The molecule has 78 valence electrons. The van der Waals surface area contributed by atoms with E-state index in [9.17, 15) is 0 Å². The standard InChI is InChI=1S/C10H22O2Si/c1-7-9(8-2)10(11-3)12-13(4,5)6/h7-8H2,1-6H3. The monoisotopic (exact) mass is 202 g/mol. The van der Waals surface area contributed by atoms with E-state index in [0.29, 0.717) is 0 Å². The first kappa shape index (κ1) is 12.6. The van der Waals surface area contributed by atoms with Crippen LogP contribution in [0.15, 0.2) is 11.5 Å². The van der Waals surface area contributed by atoms with Crippen molar-refractivity contribution in [3.8, 4) is 0 Å². The Morgan fingerprint density at radius 3 is 1.77 bits per heavy atom. The number of hydrogen-bond acceptors (Lipinski definition) is 2. The van der Waals surface area contributed by atoms with Crippen LogP contribution in [0.3, 0.4) is 0 Å². The topological polar surface area (TPSA) is 18.5 Å². The van der Waals surface area contributed by atoms with E-state index < -0.39 is 8.32 Å². The number of hydrogen-bond donors (Lipinski definition) is 0. The summed E-state index contributed by atoms with van der Waals surface area (Å²) in [6.07, 6.45) is 2.01. The second kappa shape index (κ2) is 5.32. The fourth-order valence-corrected chi connectivity index (χ4v) is 1.86. The van der Waals surface area contributed by atoms with E-state index in [2.05, 4.69) is 33.5 Å². The van der Waals surface area contributed by atoms with Crippen molar-refractivity contribution in [2.45, 2.75) is 46.3 Å². The van der Waals surface area contributed by atoms with Gasteiger partial charge in [-0.1, -0.05) is 13.8 Å². The SMILES string of the molecule is CCC(CC)=C(OC)O[Si](C)(C)C. The molecule has 0 rings (SSSR count). The molecule has 0 heterocycles. The molecule has 0 bridgehead atoms. The Kier molecular flexibility index (Phi) is 5.14. The molecule has 0 radical (unpaired) electrons. The van der Waals surface area contributed by atoms with Crippen molar-refractivity contribution in [2.24, 2.45) is 0 Å². The third-order valence-electron chi connectivity index (χ3n) is 1.73. The highest BCUT2D eigenvalue weighted by Gasteiger charge is 2.19. The molecule has 0 aliphatic heterocycles. The van der Waals surface area contributed by atoms with Crippen molar-refractivity contribution in [1.82, 2.24) is 0 Å². The van der Waals surface area contributed by atoms with Gasteiger partial charge < -0.3 is 9.16 Å². The fourth-order valence-electron chi connectivity index (χ4n) is 1.07. The zero-order chi connectivity index (χ0) is 10.5. The molecule has 0 aromatic rings. The van der Waals surface area contributed by atoms with Gasteiger partial charge in [0.1, 0.15) is 0 Å². The van der Waals surface area contributed by atoms with E-state index in [1.54, 1.807) is 7.11 Å². The average Bonchev–Trinajstić information content (AvgIpc) is 2.02. The minimum absolute atomic E-state index is 0.754. The predicted octanol–water partition coefficient (Wildman–Crippen LogP) is 3.52. The van der Waals surface area contributed by atoms with Crippen molar-refractivity contribution in [3.05, 3.63) is 11.5 Å². The molecule has 0 aliphatic carbocycles. The van der Waals surface area contributed by atoms with Crippen LogP contribution in [-0.2, 0) is 9.16 Å². The van der Waals surface area contributed by atoms with Gasteiger partial charge in [0.15, 0.2) is 0 Å². The van der Waals surface area contributed by atoms with Crippen molar-refractivity contribution in [2.75, 3.05) is 7.11 Å². The summed E-state index contributed by atoms with van der Waals surface area (Å²) >= 11 is 0. The van der Waals surface area contributed by atoms with Crippen LogP contribution in [-0.4, -0.2) is 15.4 Å². The number of ether oxygens (including phenoxy) is 1. The van der Waals surface area contributed by atoms with Crippen molar-refractivity contribution < 1.29 is 9.16 Å². The molecule has 0 aliphatic rings. The molecule has 0 saturated heterocycles. The summed E-state index contributed by atoms with van der Waals surface area (Å²) in [7, 11) is 0.162. The summed E-state index contributed by atoms with van der Waals surface area (Å²) in [5.74, 6) is 0.754. The summed E-state index contributed by atoms with van der Waals surface area (Å²) in [5.41, 5.74) is 1.27. The normalized spacial score (nSPS) is 10.9. The first-order chi connectivity index (χ1) is 5.94. The summed E-state index contributed by atoms with van der Waals surface area (Å²) in [5, 5.41) is 0. The van der Waals surface area contributed by atoms with Gasteiger partial charge in [-0.3, -0.25) is 0 Å². The van der Waals surface area contributed by atoms with E-state index in [1.165, 1.54) is 5.57 Å². The Balaban J connectivity index is 4.57. The van der Waals surface area contributed by atoms with Gasteiger partial charge in [0.05, 0.1) is 7.11 Å². The first-order valence-corrected chi connectivity index (χ1v) is 8.30. The second-order valence-corrected chi connectivity index (χ2v) is 8.45. The van der Waals surface area contributed by atoms with Crippen LogP contribution in [0, 0.1) is 0 Å². The van der Waals surface area contributed by atoms with Crippen LogP contribution >= 0.6 is 0 Å². The quantitative estimate of drug-likeness (QED) is 0.501. The summed E-state index contributed by atoms with van der Waals surface area (Å²) in [6.45, 7) is 10.7. The Hall–Kier alpha value is -0.443. The zero-order valence-corrected chi connectivity index (χ0v) is 10.7. The van der Waals surface area contributed by atoms with Gasteiger partial charge in [0.25, 0.3) is 5.95 Å². The van der Waals surface area contributed by atoms with Crippen LogP contribution in [0.5, 0.6) is 0 Å². The maximum atomic E-state index is 5.83. The lowest BCUT2D eigenvalue weighted by Gasteiger charge is -2.22. The van der Waals surface area contributed by atoms with E-state index in [-0.39, 0.29) is 0 Å². The molecule has 2 nitrogen and oxygen atoms in total.